The van der Waals surface area contributed by atoms with Crippen molar-refractivity contribution in [3.63, 3.8) is 0 Å². The zero-order valence-electron chi connectivity index (χ0n) is 7.59. The lowest BCUT2D eigenvalue weighted by molar-refractivity contribution is -0.127. The van der Waals surface area contributed by atoms with Crippen LogP contribution in [-0.4, -0.2) is 31.7 Å². The van der Waals surface area contributed by atoms with E-state index < -0.39 is 6.04 Å². The van der Waals surface area contributed by atoms with Crippen LogP contribution in [0.2, 0.25) is 0 Å². The smallest absolute Gasteiger partial charge is 0.236 e. The number of carbonyl (C=O) groups excluding carboxylic acids is 1. The molecule has 1 heterocycles. The minimum Gasteiger partial charge on any atom is -0.380 e. The van der Waals surface area contributed by atoms with E-state index in [4.69, 9.17) is 10.5 Å². The van der Waals surface area contributed by atoms with Crippen LogP contribution in [0.3, 0.4) is 0 Å². The molecular weight excluding hydrogens is 156 g/mol. The van der Waals surface area contributed by atoms with Crippen molar-refractivity contribution in [1.29, 1.82) is 0 Å². The first-order chi connectivity index (χ1) is 5.53. The fourth-order valence-electron chi connectivity index (χ4n) is 1.01. The van der Waals surface area contributed by atoms with Gasteiger partial charge in [0.1, 0.15) is 0 Å². The van der Waals surface area contributed by atoms with Crippen molar-refractivity contribution in [3.05, 3.63) is 0 Å². The van der Waals surface area contributed by atoms with Gasteiger partial charge in [0.15, 0.2) is 0 Å². The van der Waals surface area contributed by atoms with Crippen LogP contribution in [-0.2, 0) is 9.53 Å². The zero-order valence-corrected chi connectivity index (χ0v) is 7.59. The summed E-state index contributed by atoms with van der Waals surface area (Å²) in [6, 6.07) is -0.422. The minimum absolute atomic E-state index is 0.0943. The van der Waals surface area contributed by atoms with E-state index in [1.165, 1.54) is 0 Å². The number of rotatable bonds is 3. The third-order valence-corrected chi connectivity index (χ3v) is 2.00. The Morgan fingerprint density at radius 2 is 2.33 bits per heavy atom. The van der Waals surface area contributed by atoms with E-state index >= 15 is 0 Å². The number of hydrogen-bond acceptors (Lipinski definition) is 3. The van der Waals surface area contributed by atoms with Gasteiger partial charge in [-0.15, -0.1) is 0 Å². The molecule has 0 radical (unpaired) electrons. The summed E-state index contributed by atoms with van der Waals surface area (Å²) in [5.41, 5.74) is 5.51. The Bertz CT molecular complexity index is 176. The van der Waals surface area contributed by atoms with Gasteiger partial charge >= 0.3 is 0 Å². The maximum Gasteiger partial charge on any atom is 0.236 e. The van der Waals surface area contributed by atoms with Crippen LogP contribution in [0.1, 0.15) is 13.8 Å². The average molecular weight is 172 g/mol. The normalized spacial score (nSPS) is 22.6. The molecule has 0 aromatic rings. The predicted molar refractivity (Wildman–Crippen MR) is 45.6 cm³/mol. The Morgan fingerprint density at radius 1 is 1.75 bits per heavy atom. The van der Waals surface area contributed by atoms with Crippen LogP contribution in [0.15, 0.2) is 0 Å². The molecule has 12 heavy (non-hydrogen) atoms. The van der Waals surface area contributed by atoms with E-state index in [-0.39, 0.29) is 11.3 Å². The number of amides is 1. The summed E-state index contributed by atoms with van der Waals surface area (Å²) >= 11 is 0. The van der Waals surface area contributed by atoms with Crippen molar-refractivity contribution >= 4 is 5.91 Å². The van der Waals surface area contributed by atoms with Crippen LogP contribution >= 0.6 is 0 Å². The zero-order chi connectivity index (χ0) is 9.19. The molecule has 0 aromatic carbocycles. The highest BCUT2D eigenvalue weighted by molar-refractivity contribution is 5.80. The van der Waals surface area contributed by atoms with Gasteiger partial charge in [-0.1, -0.05) is 6.92 Å². The monoisotopic (exact) mass is 172 g/mol. The Hall–Kier alpha value is -0.610. The summed E-state index contributed by atoms with van der Waals surface area (Å²) in [6.45, 7) is 5.87. The van der Waals surface area contributed by atoms with E-state index in [9.17, 15) is 4.79 Å². The molecule has 1 atom stereocenters. The molecule has 0 spiro atoms. The SMILES string of the molecule is C[C@H](N)C(=O)NCC1(C)COC1. The van der Waals surface area contributed by atoms with Crippen LogP contribution in [0.5, 0.6) is 0 Å². The Balaban J connectivity index is 2.21. The summed E-state index contributed by atoms with van der Waals surface area (Å²) < 4.78 is 5.05. The average Bonchev–Trinajstić information content (AvgIpc) is 1.96. The number of carbonyl (C=O) groups is 1. The summed E-state index contributed by atoms with van der Waals surface area (Å²) in [4.78, 5) is 11.1. The Morgan fingerprint density at radius 3 is 2.67 bits per heavy atom. The quantitative estimate of drug-likeness (QED) is 0.602. The van der Waals surface area contributed by atoms with Crippen LogP contribution in [0, 0.1) is 5.41 Å². The highest BCUT2D eigenvalue weighted by atomic mass is 16.5. The third kappa shape index (κ3) is 2.19. The number of nitrogens with two attached hydrogens (primary N) is 1. The second-order valence-electron chi connectivity index (χ2n) is 3.81. The van der Waals surface area contributed by atoms with Gasteiger partial charge in [-0.05, 0) is 6.92 Å². The summed E-state index contributed by atoms with van der Waals surface area (Å²) in [5, 5.41) is 2.78. The molecule has 4 nitrogen and oxygen atoms in total. The van der Waals surface area contributed by atoms with Gasteiger partial charge in [-0.3, -0.25) is 4.79 Å². The van der Waals surface area contributed by atoms with Gasteiger partial charge in [0.25, 0.3) is 0 Å². The molecule has 3 N–H and O–H groups in total. The maximum absolute atomic E-state index is 11.1. The largest absolute Gasteiger partial charge is 0.380 e. The van der Waals surface area contributed by atoms with Gasteiger partial charge in [-0.2, -0.15) is 0 Å². The van der Waals surface area contributed by atoms with Crippen LogP contribution in [0.4, 0.5) is 0 Å². The van der Waals surface area contributed by atoms with E-state index in [1.807, 2.05) is 0 Å². The fourth-order valence-corrected chi connectivity index (χ4v) is 1.01. The first-order valence-electron chi connectivity index (χ1n) is 4.15. The standard InChI is InChI=1S/C8H16N2O2/c1-6(9)7(11)10-3-8(2)4-12-5-8/h6H,3-5,9H2,1-2H3,(H,10,11)/t6-/m0/s1. The van der Waals surface area contributed by atoms with E-state index in [0.29, 0.717) is 6.54 Å². The fraction of sp³-hybridized carbons (Fsp3) is 0.875. The van der Waals surface area contributed by atoms with Crippen molar-refractivity contribution in [1.82, 2.24) is 5.32 Å². The van der Waals surface area contributed by atoms with Crippen LogP contribution in [0.25, 0.3) is 0 Å². The summed E-state index contributed by atoms with van der Waals surface area (Å²) in [7, 11) is 0. The van der Waals surface area contributed by atoms with E-state index in [0.717, 1.165) is 13.2 Å². The van der Waals surface area contributed by atoms with Gasteiger partial charge in [-0.25, -0.2) is 0 Å². The van der Waals surface area contributed by atoms with Crippen molar-refractivity contribution < 1.29 is 9.53 Å². The van der Waals surface area contributed by atoms with Gasteiger partial charge in [0.05, 0.1) is 19.3 Å². The molecule has 1 fully saturated rings. The molecule has 1 aliphatic rings. The van der Waals surface area contributed by atoms with Crippen molar-refractivity contribution in [2.45, 2.75) is 19.9 Å². The number of ether oxygens (including phenoxy) is 1. The lowest BCUT2D eigenvalue weighted by atomic mass is 9.89. The second-order valence-corrected chi connectivity index (χ2v) is 3.81. The Kier molecular flexibility index (Phi) is 2.69. The molecule has 0 bridgehead atoms. The van der Waals surface area contributed by atoms with Crippen molar-refractivity contribution in [2.75, 3.05) is 19.8 Å². The maximum atomic E-state index is 11.1. The Labute approximate surface area is 72.5 Å². The molecular formula is C8H16N2O2. The molecule has 1 aliphatic heterocycles. The minimum atomic E-state index is -0.422. The lowest BCUT2D eigenvalue weighted by Gasteiger charge is -2.38. The van der Waals surface area contributed by atoms with Crippen LogP contribution < -0.4 is 11.1 Å². The summed E-state index contributed by atoms with van der Waals surface area (Å²) in [6.07, 6.45) is 0. The first-order valence-corrected chi connectivity index (χ1v) is 4.15. The molecule has 4 heteroatoms. The molecule has 1 rings (SSSR count). The topological polar surface area (TPSA) is 64.4 Å². The molecule has 1 saturated heterocycles. The van der Waals surface area contributed by atoms with E-state index in [1.54, 1.807) is 6.92 Å². The van der Waals surface area contributed by atoms with Crippen molar-refractivity contribution in [3.8, 4) is 0 Å². The van der Waals surface area contributed by atoms with Gasteiger partial charge in [0.2, 0.25) is 5.91 Å². The molecule has 0 unspecified atom stereocenters. The second kappa shape index (κ2) is 3.41. The molecule has 0 aromatic heterocycles. The van der Waals surface area contributed by atoms with Gasteiger partial charge in [0, 0.05) is 12.0 Å². The first kappa shape index (κ1) is 9.48. The number of nitrogens with one attached hydrogen (secondary N) is 1. The molecule has 0 saturated carbocycles. The lowest BCUT2D eigenvalue weighted by Crippen LogP contribution is -2.51. The number of hydrogen-bond donors (Lipinski definition) is 2. The highest BCUT2D eigenvalue weighted by Crippen LogP contribution is 2.24. The third-order valence-electron chi connectivity index (χ3n) is 2.00. The molecule has 0 aliphatic carbocycles. The predicted octanol–water partition coefficient (Wildman–Crippen LogP) is -0.514. The molecule has 1 amide bonds. The highest BCUT2D eigenvalue weighted by Gasteiger charge is 2.33. The molecule has 70 valence electrons. The van der Waals surface area contributed by atoms with Crippen molar-refractivity contribution in [2.24, 2.45) is 11.1 Å². The summed E-state index contributed by atoms with van der Waals surface area (Å²) in [5.74, 6) is -0.0943. The van der Waals surface area contributed by atoms with Gasteiger partial charge < -0.3 is 15.8 Å². The van der Waals surface area contributed by atoms with E-state index in [2.05, 4.69) is 12.2 Å².